The van der Waals surface area contributed by atoms with Gasteiger partial charge in [-0.25, -0.2) is 8.42 Å². The number of carbonyl (C=O) groups is 1. The smallest absolute Gasteiger partial charge is 0.258 e. The summed E-state index contributed by atoms with van der Waals surface area (Å²) in [4.78, 5) is 15.3. The van der Waals surface area contributed by atoms with Gasteiger partial charge in [0.2, 0.25) is 0 Å². The van der Waals surface area contributed by atoms with E-state index in [0.29, 0.717) is 35.9 Å². The molecule has 1 aliphatic rings. The number of ether oxygens (including phenoxy) is 1. The number of hydrogen-bond acceptors (Lipinski definition) is 4. The van der Waals surface area contributed by atoms with E-state index in [1.54, 1.807) is 23.1 Å². The summed E-state index contributed by atoms with van der Waals surface area (Å²) in [6.45, 7) is 2.84. The van der Waals surface area contributed by atoms with Crippen molar-refractivity contribution < 1.29 is 17.9 Å². The van der Waals surface area contributed by atoms with Crippen LogP contribution in [-0.4, -0.2) is 44.2 Å². The van der Waals surface area contributed by atoms with Crippen LogP contribution in [0.1, 0.15) is 23.7 Å². The molecule has 3 aromatic rings. The Hall–Kier alpha value is -2.57. The molecule has 7 heteroatoms. The van der Waals surface area contributed by atoms with E-state index >= 15 is 0 Å². The SMILES string of the molecule is CCOc1ccc2ccccc2c1C(=O)N1CCC(S(=O)(=O)c2ccc(Cl)cc2)C1. The van der Waals surface area contributed by atoms with Gasteiger partial charge in [0, 0.05) is 18.1 Å². The van der Waals surface area contributed by atoms with E-state index in [9.17, 15) is 13.2 Å². The van der Waals surface area contributed by atoms with Crippen molar-refractivity contribution in [2.45, 2.75) is 23.5 Å². The van der Waals surface area contributed by atoms with E-state index in [-0.39, 0.29) is 17.3 Å². The fourth-order valence-corrected chi connectivity index (χ4v) is 5.71. The Bertz CT molecular complexity index is 1190. The van der Waals surface area contributed by atoms with Gasteiger partial charge in [-0.05, 0) is 54.4 Å². The molecular formula is C23H22ClNO4S. The van der Waals surface area contributed by atoms with Gasteiger partial charge < -0.3 is 9.64 Å². The Labute approximate surface area is 181 Å². The molecule has 1 amide bonds. The zero-order chi connectivity index (χ0) is 21.3. The van der Waals surface area contributed by atoms with E-state index in [4.69, 9.17) is 16.3 Å². The second kappa shape index (κ2) is 8.28. The van der Waals surface area contributed by atoms with Crippen LogP contribution in [-0.2, 0) is 9.84 Å². The second-order valence-electron chi connectivity index (χ2n) is 7.25. The van der Waals surface area contributed by atoms with Gasteiger partial charge in [-0.3, -0.25) is 4.79 Å². The van der Waals surface area contributed by atoms with Crippen molar-refractivity contribution >= 4 is 38.1 Å². The van der Waals surface area contributed by atoms with E-state index in [0.717, 1.165) is 10.8 Å². The van der Waals surface area contributed by atoms with Crippen molar-refractivity contribution in [3.8, 4) is 5.75 Å². The maximum Gasteiger partial charge on any atom is 0.258 e. The van der Waals surface area contributed by atoms with Crippen LogP contribution in [0.5, 0.6) is 5.75 Å². The van der Waals surface area contributed by atoms with Crippen LogP contribution in [0.15, 0.2) is 65.6 Å². The lowest BCUT2D eigenvalue weighted by Gasteiger charge is -2.20. The number of hydrogen-bond donors (Lipinski definition) is 0. The number of fused-ring (bicyclic) bond motifs is 1. The predicted molar refractivity (Wildman–Crippen MR) is 118 cm³/mol. The molecule has 30 heavy (non-hydrogen) atoms. The minimum Gasteiger partial charge on any atom is -0.493 e. The molecular weight excluding hydrogens is 422 g/mol. The molecule has 1 atom stereocenters. The van der Waals surface area contributed by atoms with Crippen LogP contribution in [0.25, 0.3) is 10.8 Å². The summed E-state index contributed by atoms with van der Waals surface area (Å²) in [5.74, 6) is 0.314. The number of amides is 1. The third-order valence-electron chi connectivity index (χ3n) is 5.42. The summed E-state index contributed by atoms with van der Waals surface area (Å²) in [6, 6.07) is 17.5. The summed E-state index contributed by atoms with van der Waals surface area (Å²) < 4.78 is 31.8. The number of likely N-dealkylation sites (tertiary alicyclic amines) is 1. The standard InChI is InChI=1S/C23H22ClNO4S/c1-2-29-21-12-7-16-5-3-4-6-20(16)22(21)23(26)25-14-13-19(15-25)30(27,28)18-10-8-17(24)9-11-18/h3-12,19H,2,13-15H2,1H3. The lowest BCUT2D eigenvalue weighted by molar-refractivity contribution is 0.0791. The highest BCUT2D eigenvalue weighted by molar-refractivity contribution is 7.92. The van der Waals surface area contributed by atoms with Gasteiger partial charge in [-0.15, -0.1) is 0 Å². The van der Waals surface area contributed by atoms with Gasteiger partial charge in [0.15, 0.2) is 9.84 Å². The highest BCUT2D eigenvalue weighted by atomic mass is 35.5. The van der Waals surface area contributed by atoms with E-state index < -0.39 is 15.1 Å². The minimum absolute atomic E-state index is 0.151. The van der Waals surface area contributed by atoms with Gasteiger partial charge in [-0.1, -0.05) is 41.9 Å². The maximum absolute atomic E-state index is 13.4. The lowest BCUT2D eigenvalue weighted by Crippen LogP contribution is -2.32. The second-order valence-corrected chi connectivity index (χ2v) is 9.92. The third-order valence-corrected chi connectivity index (χ3v) is 7.86. The molecule has 0 bridgehead atoms. The van der Waals surface area contributed by atoms with Crippen molar-refractivity contribution in [3.63, 3.8) is 0 Å². The Balaban J connectivity index is 1.64. The maximum atomic E-state index is 13.4. The summed E-state index contributed by atoms with van der Waals surface area (Å²) in [5.41, 5.74) is 0.486. The molecule has 5 nitrogen and oxygen atoms in total. The molecule has 1 fully saturated rings. The predicted octanol–water partition coefficient (Wildman–Crippen LogP) is 4.58. The van der Waals surface area contributed by atoms with Crippen LogP contribution < -0.4 is 4.74 Å². The first-order valence-corrected chi connectivity index (χ1v) is 11.8. The number of benzene rings is 3. The molecule has 0 spiro atoms. The number of sulfone groups is 1. The fraction of sp³-hybridized carbons (Fsp3) is 0.261. The van der Waals surface area contributed by atoms with Crippen LogP contribution in [0.2, 0.25) is 5.02 Å². The molecule has 0 aromatic heterocycles. The van der Waals surface area contributed by atoms with Gasteiger partial charge >= 0.3 is 0 Å². The van der Waals surface area contributed by atoms with E-state index in [2.05, 4.69) is 0 Å². The molecule has 1 heterocycles. The van der Waals surface area contributed by atoms with E-state index in [1.165, 1.54) is 12.1 Å². The number of nitrogens with zero attached hydrogens (tertiary/aromatic N) is 1. The highest BCUT2D eigenvalue weighted by Gasteiger charge is 2.37. The molecule has 156 valence electrons. The first-order valence-electron chi connectivity index (χ1n) is 9.85. The zero-order valence-corrected chi connectivity index (χ0v) is 18.1. The molecule has 1 saturated heterocycles. The molecule has 4 rings (SSSR count). The molecule has 0 saturated carbocycles. The average molecular weight is 444 g/mol. The summed E-state index contributed by atoms with van der Waals surface area (Å²) in [5, 5.41) is 1.58. The zero-order valence-electron chi connectivity index (χ0n) is 16.5. The van der Waals surface area contributed by atoms with Gasteiger partial charge in [0.25, 0.3) is 5.91 Å². The van der Waals surface area contributed by atoms with Gasteiger partial charge in [0.05, 0.1) is 22.3 Å². The Morgan fingerprint density at radius 3 is 2.57 bits per heavy atom. The molecule has 3 aromatic carbocycles. The van der Waals surface area contributed by atoms with Crippen LogP contribution >= 0.6 is 11.6 Å². The fourth-order valence-electron chi connectivity index (χ4n) is 3.89. The quantitative estimate of drug-likeness (QED) is 0.579. The minimum atomic E-state index is -3.55. The lowest BCUT2D eigenvalue weighted by atomic mass is 10.0. The number of carbonyl (C=O) groups excluding carboxylic acids is 1. The summed E-state index contributed by atoms with van der Waals surface area (Å²) in [6.07, 6.45) is 0.394. The Morgan fingerprint density at radius 1 is 1.10 bits per heavy atom. The van der Waals surface area contributed by atoms with Crippen LogP contribution in [0.4, 0.5) is 0 Å². The Morgan fingerprint density at radius 2 is 1.83 bits per heavy atom. The van der Waals surface area contributed by atoms with E-state index in [1.807, 2.05) is 37.3 Å². The van der Waals surface area contributed by atoms with Crippen LogP contribution in [0.3, 0.4) is 0 Å². The molecule has 0 N–H and O–H groups in total. The normalized spacial score (nSPS) is 16.7. The monoisotopic (exact) mass is 443 g/mol. The van der Waals surface area contributed by atoms with Crippen molar-refractivity contribution in [1.82, 2.24) is 4.90 Å². The molecule has 1 unspecified atom stereocenters. The Kier molecular flexibility index (Phi) is 5.71. The molecule has 0 aliphatic carbocycles. The molecule has 1 aliphatic heterocycles. The first-order chi connectivity index (χ1) is 14.4. The van der Waals surface area contributed by atoms with Crippen molar-refractivity contribution in [2.24, 2.45) is 0 Å². The molecule has 0 radical (unpaired) electrons. The number of halogens is 1. The topological polar surface area (TPSA) is 63.7 Å². The summed E-state index contributed by atoms with van der Waals surface area (Å²) >= 11 is 5.88. The van der Waals surface area contributed by atoms with Gasteiger partial charge in [-0.2, -0.15) is 0 Å². The first kappa shape index (κ1) is 20.7. The average Bonchev–Trinajstić information content (AvgIpc) is 3.25. The highest BCUT2D eigenvalue weighted by Crippen LogP contribution is 2.32. The van der Waals surface area contributed by atoms with Crippen molar-refractivity contribution in [1.29, 1.82) is 0 Å². The van der Waals surface area contributed by atoms with Crippen molar-refractivity contribution in [3.05, 3.63) is 71.2 Å². The van der Waals surface area contributed by atoms with Crippen LogP contribution in [0, 0.1) is 0 Å². The summed E-state index contributed by atoms with van der Waals surface area (Å²) in [7, 11) is -3.55. The number of rotatable bonds is 5. The van der Waals surface area contributed by atoms with Gasteiger partial charge in [0.1, 0.15) is 5.75 Å². The third kappa shape index (κ3) is 3.77. The van der Waals surface area contributed by atoms with Crippen molar-refractivity contribution in [2.75, 3.05) is 19.7 Å². The largest absolute Gasteiger partial charge is 0.493 e.